The van der Waals surface area contributed by atoms with Gasteiger partial charge < -0.3 is 9.73 Å². The first kappa shape index (κ1) is 17.8. The number of hydrogen-bond acceptors (Lipinski definition) is 5. The van der Waals surface area contributed by atoms with Crippen molar-refractivity contribution in [2.24, 2.45) is 0 Å². The summed E-state index contributed by atoms with van der Waals surface area (Å²) in [5.74, 6) is 0.843. The van der Waals surface area contributed by atoms with Gasteiger partial charge in [0.1, 0.15) is 5.69 Å². The predicted octanol–water partition coefficient (Wildman–Crippen LogP) is 3.46. The number of rotatable bonds is 6. The largest absolute Gasteiger partial charge is 0.420 e. The molecule has 0 aliphatic rings. The highest BCUT2D eigenvalue weighted by atomic mass is 16.4. The van der Waals surface area contributed by atoms with E-state index in [0.717, 1.165) is 24.2 Å². The zero-order valence-electron chi connectivity index (χ0n) is 15.5. The molecule has 7 heteroatoms. The van der Waals surface area contributed by atoms with Crippen LogP contribution in [0.5, 0.6) is 0 Å². The summed E-state index contributed by atoms with van der Waals surface area (Å²) < 4.78 is 7.22. The van der Waals surface area contributed by atoms with Gasteiger partial charge in [-0.05, 0) is 50.1 Å². The summed E-state index contributed by atoms with van der Waals surface area (Å²) in [6.45, 7) is 7.83. The van der Waals surface area contributed by atoms with Crippen molar-refractivity contribution < 1.29 is 9.21 Å². The van der Waals surface area contributed by atoms with Crippen LogP contribution in [-0.2, 0) is 0 Å². The Labute approximate surface area is 152 Å². The lowest BCUT2D eigenvalue weighted by atomic mass is 10.1. The fraction of sp³-hybridized carbons (Fsp3) is 0.368. The van der Waals surface area contributed by atoms with E-state index in [1.807, 2.05) is 37.3 Å². The zero-order chi connectivity index (χ0) is 18.7. The van der Waals surface area contributed by atoms with Crippen molar-refractivity contribution in [1.29, 1.82) is 0 Å². The van der Waals surface area contributed by atoms with E-state index in [2.05, 4.69) is 34.5 Å². The predicted molar refractivity (Wildman–Crippen MR) is 98.2 cm³/mol. The highest BCUT2D eigenvalue weighted by Gasteiger charge is 2.14. The molecule has 2 aromatic heterocycles. The van der Waals surface area contributed by atoms with Crippen LogP contribution in [-0.4, -0.2) is 31.9 Å². The van der Waals surface area contributed by atoms with Gasteiger partial charge in [-0.3, -0.25) is 4.79 Å². The minimum Gasteiger partial charge on any atom is -0.420 e. The van der Waals surface area contributed by atoms with Crippen LogP contribution in [0.15, 0.2) is 34.7 Å². The molecule has 1 N–H and O–H groups in total. The molecular formula is C19H23N5O2. The van der Waals surface area contributed by atoms with Crippen LogP contribution in [0.25, 0.3) is 17.3 Å². The van der Waals surface area contributed by atoms with Gasteiger partial charge in [0.05, 0.1) is 5.69 Å². The number of carbonyl (C=O) groups is 1. The molecule has 1 aromatic carbocycles. The van der Waals surface area contributed by atoms with Crippen LogP contribution in [0.2, 0.25) is 0 Å². The van der Waals surface area contributed by atoms with E-state index in [4.69, 9.17) is 4.42 Å². The Morgan fingerprint density at radius 1 is 1.15 bits per heavy atom. The second-order valence-corrected chi connectivity index (χ2v) is 6.24. The molecule has 0 radical (unpaired) electrons. The molecule has 0 spiro atoms. The molecule has 26 heavy (non-hydrogen) atoms. The van der Waals surface area contributed by atoms with Crippen molar-refractivity contribution in [3.05, 3.63) is 47.5 Å². The van der Waals surface area contributed by atoms with Crippen LogP contribution in [0.4, 0.5) is 0 Å². The van der Waals surface area contributed by atoms with Crippen LogP contribution in [0.1, 0.15) is 48.6 Å². The van der Waals surface area contributed by atoms with E-state index in [1.54, 1.807) is 11.6 Å². The van der Waals surface area contributed by atoms with Gasteiger partial charge in [0.2, 0.25) is 5.89 Å². The van der Waals surface area contributed by atoms with Crippen LogP contribution in [0.3, 0.4) is 0 Å². The molecule has 0 fully saturated rings. The van der Waals surface area contributed by atoms with Gasteiger partial charge in [0, 0.05) is 24.2 Å². The van der Waals surface area contributed by atoms with E-state index < -0.39 is 0 Å². The third kappa shape index (κ3) is 3.66. The standard InChI is InChI=1S/C19H23N5O2/c1-5-15(6-2)20-18(25)14-7-9-16(10-8-14)24-12(3)11-17(23-24)19-22-21-13(4)26-19/h7-11,15H,5-6H2,1-4H3,(H,20,25). The second kappa shape index (κ2) is 7.51. The molecule has 0 aliphatic carbocycles. The Morgan fingerprint density at radius 3 is 2.42 bits per heavy atom. The number of hydrogen-bond donors (Lipinski definition) is 1. The molecule has 0 unspecified atom stereocenters. The van der Waals surface area contributed by atoms with Gasteiger partial charge in [-0.1, -0.05) is 13.8 Å². The quantitative estimate of drug-likeness (QED) is 0.733. The topological polar surface area (TPSA) is 85.8 Å². The highest BCUT2D eigenvalue weighted by molar-refractivity contribution is 5.94. The Kier molecular flexibility index (Phi) is 5.16. The normalized spacial score (nSPS) is 11.1. The van der Waals surface area contributed by atoms with Gasteiger partial charge in [0.25, 0.3) is 11.8 Å². The summed E-state index contributed by atoms with van der Waals surface area (Å²) in [7, 11) is 0. The summed E-state index contributed by atoms with van der Waals surface area (Å²) in [5.41, 5.74) is 3.06. The minimum atomic E-state index is -0.0514. The first-order valence-corrected chi connectivity index (χ1v) is 8.80. The van der Waals surface area contributed by atoms with E-state index in [0.29, 0.717) is 23.0 Å². The average Bonchev–Trinajstić information content (AvgIpc) is 3.25. The number of aryl methyl sites for hydroxylation is 2. The summed E-state index contributed by atoms with van der Waals surface area (Å²) in [4.78, 5) is 12.3. The number of aromatic nitrogens is 4. The van der Waals surface area contributed by atoms with Crippen molar-refractivity contribution in [2.45, 2.75) is 46.6 Å². The number of benzene rings is 1. The van der Waals surface area contributed by atoms with Gasteiger partial charge in [-0.15, -0.1) is 10.2 Å². The third-order valence-electron chi connectivity index (χ3n) is 4.33. The number of carbonyl (C=O) groups excluding carboxylic acids is 1. The van der Waals surface area contributed by atoms with Gasteiger partial charge in [-0.25, -0.2) is 4.68 Å². The Balaban J connectivity index is 1.81. The second-order valence-electron chi connectivity index (χ2n) is 6.24. The molecule has 3 rings (SSSR count). The highest BCUT2D eigenvalue weighted by Crippen LogP contribution is 2.20. The summed E-state index contributed by atoms with van der Waals surface area (Å²) in [6, 6.07) is 9.47. The maximum Gasteiger partial charge on any atom is 0.268 e. The molecular weight excluding hydrogens is 330 g/mol. The molecule has 7 nitrogen and oxygen atoms in total. The SMILES string of the molecule is CCC(CC)NC(=O)c1ccc(-n2nc(-c3nnc(C)o3)cc2C)cc1. The molecule has 3 aromatic rings. The third-order valence-corrected chi connectivity index (χ3v) is 4.33. The van der Waals surface area contributed by atoms with Crippen molar-refractivity contribution in [3.8, 4) is 17.3 Å². The van der Waals surface area contributed by atoms with E-state index in [-0.39, 0.29) is 11.9 Å². The summed E-state index contributed by atoms with van der Waals surface area (Å²) >= 11 is 0. The molecule has 2 heterocycles. The number of amides is 1. The summed E-state index contributed by atoms with van der Waals surface area (Å²) in [6.07, 6.45) is 1.84. The summed E-state index contributed by atoms with van der Waals surface area (Å²) in [5, 5.41) is 15.4. The molecule has 1 amide bonds. The lowest BCUT2D eigenvalue weighted by molar-refractivity contribution is 0.0935. The molecule has 136 valence electrons. The van der Waals surface area contributed by atoms with Crippen molar-refractivity contribution in [3.63, 3.8) is 0 Å². The average molecular weight is 353 g/mol. The molecule has 0 saturated carbocycles. The fourth-order valence-electron chi connectivity index (χ4n) is 2.76. The molecule has 0 bridgehead atoms. The molecule has 0 atom stereocenters. The Bertz CT molecular complexity index is 891. The lowest BCUT2D eigenvalue weighted by Gasteiger charge is -2.14. The zero-order valence-corrected chi connectivity index (χ0v) is 15.5. The van der Waals surface area contributed by atoms with E-state index in [1.165, 1.54) is 0 Å². The van der Waals surface area contributed by atoms with Crippen LogP contribution < -0.4 is 5.32 Å². The van der Waals surface area contributed by atoms with E-state index in [9.17, 15) is 4.79 Å². The Hall–Kier alpha value is -2.96. The van der Waals surface area contributed by atoms with Gasteiger partial charge in [0.15, 0.2) is 0 Å². The van der Waals surface area contributed by atoms with E-state index >= 15 is 0 Å². The minimum absolute atomic E-state index is 0.0514. The molecule has 0 saturated heterocycles. The maximum absolute atomic E-state index is 12.3. The van der Waals surface area contributed by atoms with Crippen LogP contribution in [0, 0.1) is 13.8 Å². The maximum atomic E-state index is 12.3. The van der Waals surface area contributed by atoms with Crippen molar-refractivity contribution in [2.75, 3.05) is 0 Å². The first-order valence-electron chi connectivity index (χ1n) is 8.80. The van der Waals surface area contributed by atoms with Crippen LogP contribution >= 0.6 is 0 Å². The first-order chi connectivity index (χ1) is 12.5. The van der Waals surface area contributed by atoms with Gasteiger partial charge >= 0.3 is 0 Å². The smallest absolute Gasteiger partial charge is 0.268 e. The number of nitrogens with zero attached hydrogens (tertiary/aromatic N) is 4. The van der Waals surface area contributed by atoms with Gasteiger partial charge in [-0.2, -0.15) is 5.10 Å². The number of nitrogens with one attached hydrogen (secondary N) is 1. The fourth-order valence-corrected chi connectivity index (χ4v) is 2.76. The van der Waals surface area contributed by atoms with Crippen molar-refractivity contribution in [1.82, 2.24) is 25.3 Å². The monoisotopic (exact) mass is 353 g/mol. The lowest BCUT2D eigenvalue weighted by Crippen LogP contribution is -2.33. The van der Waals surface area contributed by atoms with Crippen molar-refractivity contribution >= 4 is 5.91 Å². The Morgan fingerprint density at radius 2 is 1.85 bits per heavy atom. The molecule has 0 aliphatic heterocycles.